The summed E-state index contributed by atoms with van der Waals surface area (Å²) in [7, 11) is 0. The van der Waals surface area contributed by atoms with Gasteiger partial charge in [-0.1, -0.05) is 18.2 Å². The summed E-state index contributed by atoms with van der Waals surface area (Å²) in [5, 5.41) is 12.4. The van der Waals surface area contributed by atoms with Crippen LogP contribution in [0, 0.1) is 17.7 Å². The van der Waals surface area contributed by atoms with E-state index in [-0.39, 0.29) is 17.8 Å². The molecule has 1 atom stereocenters. The van der Waals surface area contributed by atoms with Crippen LogP contribution in [0.25, 0.3) is 0 Å². The summed E-state index contributed by atoms with van der Waals surface area (Å²) in [6, 6.07) is 7.11. The molecule has 2 rings (SSSR count). The summed E-state index contributed by atoms with van der Waals surface area (Å²) in [5.41, 5.74) is 0.743. The highest BCUT2D eigenvalue weighted by atomic mass is 19.1. The number of benzene rings is 1. The second-order valence-corrected chi connectivity index (χ2v) is 6.16. The highest BCUT2D eigenvalue weighted by Gasteiger charge is 2.25. The SMILES string of the molecule is CC(Cc1ccccc1F)NCC1CCC(C(=O)O)CC1. The molecule has 1 saturated carbocycles. The zero-order valence-corrected chi connectivity index (χ0v) is 12.5. The number of rotatable bonds is 6. The summed E-state index contributed by atoms with van der Waals surface area (Å²) in [4.78, 5) is 10.9. The van der Waals surface area contributed by atoms with Crippen molar-refractivity contribution in [1.82, 2.24) is 5.32 Å². The smallest absolute Gasteiger partial charge is 0.306 e. The van der Waals surface area contributed by atoms with Crippen molar-refractivity contribution in [2.24, 2.45) is 11.8 Å². The van der Waals surface area contributed by atoms with Gasteiger partial charge in [-0.05, 0) is 63.1 Å². The summed E-state index contributed by atoms with van der Waals surface area (Å²) in [6.07, 6.45) is 4.18. The standard InChI is InChI=1S/C17H24FNO2/c1-12(10-15-4-2-3-5-16(15)18)19-11-13-6-8-14(9-7-13)17(20)21/h2-5,12-14,19H,6-11H2,1H3,(H,20,21). The maximum absolute atomic E-state index is 13.6. The van der Waals surface area contributed by atoms with Gasteiger partial charge < -0.3 is 10.4 Å². The van der Waals surface area contributed by atoms with E-state index in [1.807, 2.05) is 12.1 Å². The van der Waals surface area contributed by atoms with E-state index >= 15 is 0 Å². The normalized spacial score (nSPS) is 23.7. The minimum atomic E-state index is -0.658. The van der Waals surface area contributed by atoms with E-state index < -0.39 is 5.97 Å². The Hall–Kier alpha value is -1.42. The molecule has 3 nitrogen and oxygen atoms in total. The van der Waals surface area contributed by atoms with Crippen molar-refractivity contribution in [2.75, 3.05) is 6.54 Å². The van der Waals surface area contributed by atoms with Crippen LogP contribution in [-0.2, 0) is 11.2 Å². The molecule has 1 aromatic carbocycles. The molecule has 0 aromatic heterocycles. The third-order valence-corrected chi connectivity index (χ3v) is 4.43. The number of carbonyl (C=O) groups is 1. The Bertz CT molecular complexity index is 470. The van der Waals surface area contributed by atoms with E-state index in [4.69, 9.17) is 5.11 Å². The van der Waals surface area contributed by atoms with Crippen molar-refractivity contribution >= 4 is 5.97 Å². The lowest BCUT2D eigenvalue weighted by Gasteiger charge is -2.27. The van der Waals surface area contributed by atoms with Crippen LogP contribution in [0.3, 0.4) is 0 Å². The van der Waals surface area contributed by atoms with E-state index in [0.717, 1.165) is 37.8 Å². The van der Waals surface area contributed by atoms with Crippen LogP contribution in [0.5, 0.6) is 0 Å². The fourth-order valence-corrected chi connectivity index (χ4v) is 3.05. The van der Waals surface area contributed by atoms with Crippen molar-refractivity contribution in [3.8, 4) is 0 Å². The van der Waals surface area contributed by atoms with Crippen molar-refractivity contribution in [2.45, 2.75) is 45.1 Å². The van der Waals surface area contributed by atoms with Gasteiger partial charge in [-0.15, -0.1) is 0 Å². The molecule has 0 spiro atoms. The van der Waals surface area contributed by atoms with E-state index in [2.05, 4.69) is 12.2 Å². The highest BCUT2D eigenvalue weighted by Crippen LogP contribution is 2.28. The number of hydrogen-bond acceptors (Lipinski definition) is 2. The van der Waals surface area contributed by atoms with Crippen molar-refractivity contribution in [1.29, 1.82) is 0 Å². The lowest BCUT2D eigenvalue weighted by molar-refractivity contribution is -0.143. The number of carboxylic acid groups (broad SMARTS) is 1. The van der Waals surface area contributed by atoms with Crippen LogP contribution >= 0.6 is 0 Å². The van der Waals surface area contributed by atoms with E-state index in [1.54, 1.807) is 6.07 Å². The summed E-state index contributed by atoms with van der Waals surface area (Å²) in [5.74, 6) is -0.414. The molecule has 1 aliphatic rings. The third kappa shape index (κ3) is 4.81. The fourth-order valence-electron chi connectivity index (χ4n) is 3.05. The van der Waals surface area contributed by atoms with Crippen molar-refractivity contribution in [3.05, 3.63) is 35.6 Å². The zero-order chi connectivity index (χ0) is 15.2. The Balaban J connectivity index is 1.71. The maximum Gasteiger partial charge on any atom is 0.306 e. The number of nitrogens with one attached hydrogen (secondary N) is 1. The first-order valence-corrected chi connectivity index (χ1v) is 7.76. The second kappa shape index (κ2) is 7.55. The predicted octanol–water partition coefficient (Wildman–Crippen LogP) is 3.24. The fraction of sp³-hybridized carbons (Fsp3) is 0.588. The van der Waals surface area contributed by atoms with Gasteiger partial charge in [0.1, 0.15) is 5.82 Å². The molecule has 1 aromatic rings. The van der Waals surface area contributed by atoms with E-state index in [0.29, 0.717) is 12.3 Å². The summed E-state index contributed by atoms with van der Waals surface area (Å²) >= 11 is 0. The average Bonchev–Trinajstić information content (AvgIpc) is 2.48. The summed E-state index contributed by atoms with van der Waals surface area (Å²) in [6.45, 7) is 2.96. The molecule has 21 heavy (non-hydrogen) atoms. The molecule has 0 saturated heterocycles. The van der Waals surface area contributed by atoms with Gasteiger partial charge in [0, 0.05) is 6.04 Å². The summed E-state index contributed by atoms with van der Waals surface area (Å²) < 4.78 is 13.6. The molecule has 0 radical (unpaired) electrons. The van der Waals surface area contributed by atoms with Crippen LogP contribution < -0.4 is 5.32 Å². The number of aliphatic carboxylic acids is 1. The Labute approximate surface area is 125 Å². The molecule has 4 heteroatoms. The topological polar surface area (TPSA) is 49.3 Å². The number of halogens is 1. The Morgan fingerprint density at radius 3 is 2.62 bits per heavy atom. The Morgan fingerprint density at radius 2 is 2.00 bits per heavy atom. The predicted molar refractivity (Wildman–Crippen MR) is 80.7 cm³/mol. The van der Waals surface area contributed by atoms with Crippen molar-refractivity contribution < 1.29 is 14.3 Å². The molecule has 0 aliphatic heterocycles. The zero-order valence-electron chi connectivity index (χ0n) is 12.5. The van der Waals surface area contributed by atoms with E-state index in [9.17, 15) is 9.18 Å². The van der Waals surface area contributed by atoms with E-state index in [1.165, 1.54) is 6.07 Å². The first-order valence-electron chi connectivity index (χ1n) is 7.76. The van der Waals surface area contributed by atoms with Gasteiger partial charge in [0.2, 0.25) is 0 Å². The van der Waals surface area contributed by atoms with Crippen molar-refractivity contribution in [3.63, 3.8) is 0 Å². The lowest BCUT2D eigenvalue weighted by Crippen LogP contribution is -2.35. The molecule has 1 unspecified atom stereocenters. The van der Waals surface area contributed by atoms with Crippen LogP contribution in [0.2, 0.25) is 0 Å². The molecular formula is C17H24FNO2. The monoisotopic (exact) mass is 293 g/mol. The molecule has 0 bridgehead atoms. The minimum absolute atomic E-state index is 0.145. The first-order chi connectivity index (χ1) is 10.1. The second-order valence-electron chi connectivity index (χ2n) is 6.16. The quantitative estimate of drug-likeness (QED) is 0.846. The Kier molecular flexibility index (Phi) is 5.74. The molecular weight excluding hydrogens is 269 g/mol. The van der Waals surface area contributed by atoms with Crippen LogP contribution in [0.15, 0.2) is 24.3 Å². The van der Waals surface area contributed by atoms with Gasteiger partial charge in [-0.2, -0.15) is 0 Å². The molecule has 2 N–H and O–H groups in total. The van der Waals surface area contributed by atoms with Crippen LogP contribution in [-0.4, -0.2) is 23.7 Å². The number of carboxylic acids is 1. The average molecular weight is 293 g/mol. The van der Waals surface area contributed by atoms with Gasteiger partial charge >= 0.3 is 5.97 Å². The maximum atomic E-state index is 13.6. The van der Waals surface area contributed by atoms with Crippen LogP contribution in [0.1, 0.15) is 38.2 Å². The third-order valence-electron chi connectivity index (χ3n) is 4.43. The molecule has 1 fully saturated rings. The molecule has 116 valence electrons. The Morgan fingerprint density at radius 1 is 1.33 bits per heavy atom. The largest absolute Gasteiger partial charge is 0.481 e. The van der Waals surface area contributed by atoms with Gasteiger partial charge in [0.25, 0.3) is 0 Å². The number of hydrogen-bond donors (Lipinski definition) is 2. The highest BCUT2D eigenvalue weighted by molar-refractivity contribution is 5.69. The lowest BCUT2D eigenvalue weighted by atomic mass is 9.82. The van der Waals surface area contributed by atoms with Gasteiger partial charge in [0.05, 0.1) is 5.92 Å². The van der Waals surface area contributed by atoms with Gasteiger partial charge in [-0.25, -0.2) is 4.39 Å². The van der Waals surface area contributed by atoms with Crippen LogP contribution in [0.4, 0.5) is 4.39 Å². The van der Waals surface area contributed by atoms with Gasteiger partial charge in [0.15, 0.2) is 0 Å². The van der Waals surface area contributed by atoms with Gasteiger partial charge in [-0.3, -0.25) is 4.79 Å². The molecule has 1 aliphatic carbocycles. The molecule has 0 amide bonds. The molecule has 0 heterocycles. The first kappa shape index (κ1) is 16.0. The minimum Gasteiger partial charge on any atom is -0.481 e.